The lowest BCUT2D eigenvalue weighted by atomic mass is 9.95. The van der Waals surface area contributed by atoms with E-state index in [1.807, 2.05) is 30.3 Å². The van der Waals surface area contributed by atoms with E-state index in [9.17, 15) is 4.79 Å². The van der Waals surface area contributed by atoms with E-state index in [-0.39, 0.29) is 11.9 Å². The molecular formula is C28H35ClN2O3. The van der Waals surface area contributed by atoms with Crippen molar-refractivity contribution in [2.75, 3.05) is 20.3 Å². The molecule has 34 heavy (non-hydrogen) atoms. The number of benzene rings is 2. The Morgan fingerprint density at radius 3 is 2.59 bits per heavy atom. The molecule has 0 aliphatic carbocycles. The van der Waals surface area contributed by atoms with Gasteiger partial charge in [-0.1, -0.05) is 29.8 Å². The van der Waals surface area contributed by atoms with E-state index in [0.717, 1.165) is 30.7 Å². The van der Waals surface area contributed by atoms with Crippen LogP contribution in [0.1, 0.15) is 47.9 Å². The van der Waals surface area contributed by atoms with E-state index in [1.54, 1.807) is 13.2 Å². The fourth-order valence-corrected chi connectivity index (χ4v) is 5.49. The number of hydrogen-bond acceptors (Lipinski definition) is 4. The average molecular weight is 483 g/mol. The molecular weight excluding hydrogens is 448 g/mol. The number of piperidine rings is 1. The number of fused-ring (bicyclic) bond motifs is 2. The molecule has 2 unspecified atom stereocenters. The minimum Gasteiger partial charge on any atom is -0.491 e. The Kier molecular flexibility index (Phi) is 8.30. The van der Waals surface area contributed by atoms with E-state index < -0.39 is 0 Å². The quantitative estimate of drug-likeness (QED) is 0.389. The number of hydrogen-bond donors (Lipinski definition) is 1. The van der Waals surface area contributed by atoms with Crippen LogP contribution in [0.15, 0.2) is 42.5 Å². The zero-order chi connectivity index (χ0) is 24.1. The molecule has 0 radical (unpaired) electrons. The van der Waals surface area contributed by atoms with Crippen LogP contribution >= 0.6 is 11.6 Å². The van der Waals surface area contributed by atoms with E-state index in [1.165, 1.54) is 29.5 Å². The van der Waals surface area contributed by atoms with E-state index in [0.29, 0.717) is 30.3 Å². The fraction of sp³-hybridized carbons (Fsp3) is 0.464. The van der Waals surface area contributed by atoms with Crippen molar-refractivity contribution in [3.8, 4) is 5.75 Å². The van der Waals surface area contributed by atoms with E-state index in [2.05, 4.69) is 36.2 Å². The fourth-order valence-electron chi connectivity index (χ4n) is 5.29. The van der Waals surface area contributed by atoms with Gasteiger partial charge in [-0.25, -0.2) is 0 Å². The molecule has 1 N–H and O–H groups in total. The zero-order valence-electron chi connectivity index (χ0n) is 20.4. The Bertz CT molecular complexity index is 1020. The number of carbonyl (C=O) groups excluding carboxylic acids is 1. The summed E-state index contributed by atoms with van der Waals surface area (Å²) in [5.41, 5.74) is 4.80. The van der Waals surface area contributed by atoms with Crippen LogP contribution in [0.4, 0.5) is 0 Å². The molecule has 182 valence electrons. The monoisotopic (exact) mass is 482 g/mol. The third kappa shape index (κ3) is 6.01. The molecule has 2 aliphatic rings. The second kappa shape index (κ2) is 11.4. The van der Waals surface area contributed by atoms with Gasteiger partial charge in [0.25, 0.3) is 0 Å². The van der Waals surface area contributed by atoms with Crippen molar-refractivity contribution in [1.29, 1.82) is 0 Å². The molecule has 1 amide bonds. The standard InChI is InChI=1S/C28H35ClN2O3/c1-19-20(2)27(34-14-13-33-3)11-8-22(19)18-31-25-9-10-26(31)17-24(16-25)30-28(32)12-7-21-5-4-6-23(29)15-21/h4-8,11-12,15,24-26H,9-10,13-14,16-18H2,1-3H3,(H,30,32)/b12-7+. The van der Waals surface area contributed by atoms with Crippen molar-refractivity contribution in [2.24, 2.45) is 0 Å². The Morgan fingerprint density at radius 2 is 1.88 bits per heavy atom. The highest BCUT2D eigenvalue weighted by Crippen LogP contribution is 2.38. The van der Waals surface area contributed by atoms with Crippen LogP contribution in [0.3, 0.4) is 0 Å². The lowest BCUT2D eigenvalue weighted by Gasteiger charge is -2.39. The van der Waals surface area contributed by atoms with Crippen molar-refractivity contribution in [3.05, 3.63) is 69.8 Å². The number of nitrogens with one attached hydrogen (secondary N) is 1. The second-order valence-electron chi connectivity index (χ2n) is 9.44. The van der Waals surface area contributed by atoms with Gasteiger partial charge in [0, 0.05) is 42.9 Å². The molecule has 2 aromatic rings. The Labute approximate surface area is 208 Å². The van der Waals surface area contributed by atoms with Crippen molar-refractivity contribution < 1.29 is 14.3 Å². The van der Waals surface area contributed by atoms with Gasteiger partial charge in [0.1, 0.15) is 12.4 Å². The number of ether oxygens (including phenoxy) is 2. The van der Waals surface area contributed by atoms with Gasteiger partial charge in [-0.05, 0) is 86.1 Å². The summed E-state index contributed by atoms with van der Waals surface area (Å²) in [5, 5.41) is 3.90. The van der Waals surface area contributed by atoms with Crippen LogP contribution in [-0.2, 0) is 16.1 Å². The number of methoxy groups -OCH3 is 1. The van der Waals surface area contributed by atoms with Crippen molar-refractivity contribution >= 4 is 23.6 Å². The Hall–Kier alpha value is -2.34. The summed E-state index contributed by atoms with van der Waals surface area (Å²) in [6.07, 6.45) is 7.84. The van der Waals surface area contributed by atoms with Crippen LogP contribution in [0.5, 0.6) is 5.75 Å². The molecule has 2 fully saturated rings. The Balaban J connectivity index is 1.33. The molecule has 2 atom stereocenters. The highest BCUT2D eigenvalue weighted by Gasteiger charge is 2.41. The molecule has 2 aliphatic heterocycles. The second-order valence-corrected chi connectivity index (χ2v) is 9.87. The van der Waals surface area contributed by atoms with Gasteiger partial charge in [-0.3, -0.25) is 9.69 Å². The molecule has 0 spiro atoms. The number of halogens is 1. The predicted octanol–water partition coefficient (Wildman–Crippen LogP) is 5.31. The van der Waals surface area contributed by atoms with Crippen molar-refractivity contribution in [3.63, 3.8) is 0 Å². The van der Waals surface area contributed by atoms with Crippen LogP contribution in [0.2, 0.25) is 5.02 Å². The van der Waals surface area contributed by atoms with Crippen LogP contribution < -0.4 is 10.1 Å². The van der Waals surface area contributed by atoms with Crippen LogP contribution in [0.25, 0.3) is 6.08 Å². The van der Waals surface area contributed by atoms with Gasteiger partial charge in [0.2, 0.25) is 5.91 Å². The molecule has 2 heterocycles. The highest BCUT2D eigenvalue weighted by molar-refractivity contribution is 6.30. The summed E-state index contributed by atoms with van der Waals surface area (Å²) < 4.78 is 11.0. The smallest absolute Gasteiger partial charge is 0.244 e. The number of nitrogens with zero attached hydrogens (tertiary/aromatic N) is 1. The molecule has 2 bridgehead atoms. The van der Waals surface area contributed by atoms with Crippen molar-refractivity contribution in [2.45, 2.75) is 64.2 Å². The molecule has 0 saturated carbocycles. The van der Waals surface area contributed by atoms with Crippen LogP contribution in [0, 0.1) is 13.8 Å². The highest BCUT2D eigenvalue weighted by atomic mass is 35.5. The number of carbonyl (C=O) groups is 1. The maximum Gasteiger partial charge on any atom is 0.244 e. The molecule has 2 saturated heterocycles. The van der Waals surface area contributed by atoms with Gasteiger partial charge >= 0.3 is 0 Å². The van der Waals surface area contributed by atoms with Gasteiger partial charge in [-0.2, -0.15) is 0 Å². The Morgan fingerprint density at radius 1 is 1.12 bits per heavy atom. The molecule has 0 aromatic heterocycles. The topological polar surface area (TPSA) is 50.8 Å². The lowest BCUT2D eigenvalue weighted by molar-refractivity contribution is -0.117. The summed E-state index contributed by atoms with van der Waals surface area (Å²) in [5.74, 6) is 0.905. The van der Waals surface area contributed by atoms with Crippen LogP contribution in [-0.4, -0.2) is 49.3 Å². The molecule has 6 heteroatoms. The lowest BCUT2D eigenvalue weighted by Crippen LogP contribution is -2.49. The first-order valence-electron chi connectivity index (χ1n) is 12.1. The van der Waals surface area contributed by atoms with Gasteiger partial charge in [0.05, 0.1) is 6.61 Å². The minimum absolute atomic E-state index is 0.0339. The maximum atomic E-state index is 12.5. The largest absolute Gasteiger partial charge is 0.491 e. The summed E-state index contributed by atoms with van der Waals surface area (Å²) >= 11 is 6.03. The van der Waals surface area contributed by atoms with Gasteiger partial charge in [0.15, 0.2) is 0 Å². The van der Waals surface area contributed by atoms with Gasteiger partial charge in [-0.15, -0.1) is 0 Å². The predicted molar refractivity (Wildman–Crippen MR) is 137 cm³/mol. The third-order valence-corrected chi connectivity index (χ3v) is 7.49. The first-order valence-corrected chi connectivity index (χ1v) is 12.5. The number of rotatable bonds is 9. The third-order valence-electron chi connectivity index (χ3n) is 7.25. The van der Waals surface area contributed by atoms with E-state index in [4.69, 9.17) is 21.1 Å². The van der Waals surface area contributed by atoms with E-state index >= 15 is 0 Å². The maximum absolute atomic E-state index is 12.5. The van der Waals surface area contributed by atoms with Crippen molar-refractivity contribution in [1.82, 2.24) is 10.2 Å². The summed E-state index contributed by atoms with van der Waals surface area (Å²) in [6.45, 7) is 6.43. The molecule has 2 aromatic carbocycles. The minimum atomic E-state index is -0.0339. The molecule has 5 nitrogen and oxygen atoms in total. The first kappa shape index (κ1) is 24.8. The average Bonchev–Trinajstić information content (AvgIpc) is 3.04. The summed E-state index contributed by atoms with van der Waals surface area (Å²) in [7, 11) is 1.69. The first-order chi connectivity index (χ1) is 16.4. The normalized spacial score (nSPS) is 22.3. The zero-order valence-corrected chi connectivity index (χ0v) is 21.1. The van der Waals surface area contributed by atoms with Gasteiger partial charge < -0.3 is 14.8 Å². The summed E-state index contributed by atoms with van der Waals surface area (Å²) in [6, 6.07) is 13.1. The summed E-state index contributed by atoms with van der Waals surface area (Å²) in [4.78, 5) is 15.2. The SMILES string of the molecule is COCCOc1ccc(CN2C3CCC2CC(NC(=O)/C=C/c2cccc(Cl)c2)C3)c(C)c1C. The molecule has 4 rings (SSSR count). The number of amides is 1.